The monoisotopic (exact) mass is 260 g/mol. The first-order valence-corrected chi connectivity index (χ1v) is 7.61. The molecule has 0 aliphatic heterocycles. The number of rotatable bonds is 10. The van der Waals surface area contributed by atoms with Crippen LogP contribution in [0.15, 0.2) is 0 Å². The van der Waals surface area contributed by atoms with Crippen molar-refractivity contribution in [3.05, 3.63) is 0 Å². The predicted octanol–water partition coefficient (Wildman–Crippen LogP) is 5.30. The molecule has 0 aromatic rings. The van der Waals surface area contributed by atoms with E-state index >= 15 is 0 Å². The van der Waals surface area contributed by atoms with E-state index < -0.39 is 0 Å². The van der Waals surface area contributed by atoms with Crippen LogP contribution in [-0.4, -0.2) is 5.33 Å². The fraction of sp³-hybridized carbons (Fsp3) is 1.00. The number of hydrogen-bond acceptors (Lipinski definition) is 0. The van der Waals surface area contributed by atoms with E-state index in [1.54, 1.807) is 0 Å². The topological polar surface area (TPSA) is 0 Å². The Morgan fingerprint density at radius 3 is 1.71 bits per heavy atom. The van der Waals surface area contributed by atoms with Gasteiger partial charge >= 0.3 is 0 Å². The van der Waals surface area contributed by atoms with Gasteiger partial charge in [-0.25, -0.2) is 0 Å². The van der Waals surface area contributed by atoms with E-state index in [1.807, 2.05) is 0 Å². The Balaban J connectivity index is 1.63. The maximum absolute atomic E-state index is 3.47. The van der Waals surface area contributed by atoms with E-state index in [-0.39, 0.29) is 0 Å². The molecule has 14 heavy (non-hydrogen) atoms. The molecule has 1 aliphatic rings. The van der Waals surface area contributed by atoms with Crippen molar-refractivity contribution in [2.45, 2.75) is 70.6 Å². The van der Waals surface area contributed by atoms with Gasteiger partial charge in [-0.1, -0.05) is 80.1 Å². The zero-order valence-electron chi connectivity index (χ0n) is 9.44. The molecule has 0 atom stereocenters. The van der Waals surface area contributed by atoms with Crippen molar-refractivity contribution >= 4 is 15.9 Å². The molecule has 0 nitrogen and oxygen atoms in total. The molecule has 0 amide bonds. The van der Waals surface area contributed by atoms with Crippen LogP contribution in [0.5, 0.6) is 0 Å². The fourth-order valence-corrected chi connectivity index (χ4v) is 2.39. The van der Waals surface area contributed by atoms with Gasteiger partial charge < -0.3 is 0 Å². The van der Waals surface area contributed by atoms with Crippen molar-refractivity contribution in [1.29, 1.82) is 0 Å². The van der Waals surface area contributed by atoms with Crippen molar-refractivity contribution in [2.75, 3.05) is 5.33 Å². The van der Waals surface area contributed by atoms with E-state index in [2.05, 4.69) is 15.9 Å². The summed E-state index contributed by atoms with van der Waals surface area (Å²) in [6.45, 7) is 0. The largest absolute Gasteiger partial charge is 0.0928 e. The molecule has 1 rings (SSSR count). The average molecular weight is 261 g/mol. The Hall–Kier alpha value is 0.480. The lowest BCUT2D eigenvalue weighted by Crippen LogP contribution is -1.82. The van der Waals surface area contributed by atoms with Gasteiger partial charge in [-0.2, -0.15) is 0 Å². The quantitative estimate of drug-likeness (QED) is 0.369. The van der Waals surface area contributed by atoms with E-state index in [4.69, 9.17) is 0 Å². The van der Waals surface area contributed by atoms with Crippen LogP contribution in [0.4, 0.5) is 0 Å². The van der Waals surface area contributed by atoms with Crippen molar-refractivity contribution in [1.82, 2.24) is 0 Å². The standard InChI is InChI=1S/C13H25Br/c14-12-8-6-4-2-1-3-5-7-9-13-10-11-13/h13H,1-12H2. The second-order valence-corrected chi connectivity index (χ2v) is 5.54. The summed E-state index contributed by atoms with van der Waals surface area (Å²) < 4.78 is 0. The molecule has 1 heteroatoms. The third-order valence-electron chi connectivity index (χ3n) is 3.19. The number of halogens is 1. The molecule has 1 fully saturated rings. The summed E-state index contributed by atoms with van der Waals surface area (Å²) >= 11 is 3.47. The second-order valence-electron chi connectivity index (χ2n) is 4.75. The van der Waals surface area contributed by atoms with Gasteiger partial charge in [-0.15, -0.1) is 0 Å². The van der Waals surface area contributed by atoms with Crippen LogP contribution in [0.2, 0.25) is 0 Å². The van der Waals surface area contributed by atoms with E-state index in [0.29, 0.717) is 0 Å². The van der Waals surface area contributed by atoms with Gasteiger partial charge in [0.15, 0.2) is 0 Å². The number of unbranched alkanes of at least 4 members (excludes halogenated alkanes) is 7. The Morgan fingerprint density at radius 2 is 1.21 bits per heavy atom. The lowest BCUT2D eigenvalue weighted by molar-refractivity contribution is 0.552. The van der Waals surface area contributed by atoms with Gasteiger partial charge in [0.1, 0.15) is 0 Å². The molecule has 0 aromatic heterocycles. The van der Waals surface area contributed by atoms with Gasteiger partial charge in [-0.05, 0) is 12.3 Å². The van der Waals surface area contributed by atoms with Crippen LogP contribution in [0, 0.1) is 5.92 Å². The van der Waals surface area contributed by atoms with Gasteiger partial charge in [-0.3, -0.25) is 0 Å². The molecule has 1 saturated carbocycles. The zero-order chi connectivity index (χ0) is 10.1. The summed E-state index contributed by atoms with van der Waals surface area (Å²) in [5, 5.41) is 1.19. The first-order valence-electron chi connectivity index (χ1n) is 6.49. The minimum atomic E-state index is 1.15. The highest BCUT2D eigenvalue weighted by Crippen LogP contribution is 2.34. The van der Waals surface area contributed by atoms with Crippen LogP contribution in [0.1, 0.15) is 70.6 Å². The van der Waals surface area contributed by atoms with Crippen LogP contribution in [0.25, 0.3) is 0 Å². The van der Waals surface area contributed by atoms with E-state index in [1.165, 1.54) is 76.0 Å². The van der Waals surface area contributed by atoms with Crippen LogP contribution in [0.3, 0.4) is 0 Å². The molecular weight excluding hydrogens is 236 g/mol. The summed E-state index contributed by atoms with van der Waals surface area (Å²) in [5.41, 5.74) is 0. The maximum Gasteiger partial charge on any atom is 0.00313 e. The molecule has 0 N–H and O–H groups in total. The summed E-state index contributed by atoms with van der Waals surface area (Å²) in [7, 11) is 0. The third kappa shape index (κ3) is 7.84. The predicted molar refractivity (Wildman–Crippen MR) is 68.1 cm³/mol. The lowest BCUT2D eigenvalue weighted by Gasteiger charge is -2.01. The molecule has 1 aliphatic carbocycles. The Bertz CT molecular complexity index is 118. The first-order chi connectivity index (χ1) is 6.93. The molecule has 0 spiro atoms. The normalized spacial score (nSPS) is 16.1. The summed E-state index contributed by atoms with van der Waals surface area (Å²) in [5.74, 6) is 1.15. The van der Waals surface area contributed by atoms with Crippen molar-refractivity contribution in [2.24, 2.45) is 5.92 Å². The molecule has 0 saturated heterocycles. The second kappa shape index (κ2) is 8.76. The molecule has 0 radical (unpaired) electrons. The minimum absolute atomic E-state index is 1.15. The Kier molecular flexibility index (Phi) is 7.85. The van der Waals surface area contributed by atoms with Crippen molar-refractivity contribution in [3.63, 3.8) is 0 Å². The highest BCUT2D eigenvalue weighted by atomic mass is 79.9. The van der Waals surface area contributed by atoms with Crippen LogP contribution < -0.4 is 0 Å². The van der Waals surface area contributed by atoms with Gasteiger partial charge in [0.05, 0.1) is 0 Å². The third-order valence-corrected chi connectivity index (χ3v) is 3.75. The van der Waals surface area contributed by atoms with Crippen molar-refractivity contribution in [3.8, 4) is 0 Å². The van der Waals surface area contributed by atoms with Gasteiger partial charge in [0, 0.05) is 5.33 Å². The highest BCUT2D eigenvalue weighted by molar-refractivity contribution is 9.09. The summed E-state index contributed by atoms with van der Waals surface area (Å²) in [4.78, 5) is 0. The molecule has 0 heterocycles. The Morgan fingerprint density at radius 1 is 0.714 bits per heavy atom. The maximum atomic E-state index is 3.47. The molecule has 0 bridgehead atoms. The Labute approximate surface area is 98.0 Å². The molecule has 0 unspecified atom stereocenters. The highest BCUT2D eigenvalue weighted by Gasteiger charge is 2.19. The van der Waals surface area contributed by atoms with Crippen molar-refractivity contribution < 1.29 is 0 Å². The summed E-state index contributed by atoms with van der Waals surface area (Å²) in [6, 6.07) is 0. The molecular formula is C13H25Br. The first kappa shape index (κ1) is 12.5. The van der Waals surface area contributed by atoms with Crippen LogP contribution in [-0.2, 0) is 0 Å². The minimum Gasteiger partial charge on any atom is -0.0928 e. The molecule has 0 aromatic carbocycles. The average Bonchev–Trinajstić information content (AvgIpc) is 2.99. The smallest absolute Gasteiger partial charge is 0.00313 e. The van der Waals surface area contributed by atoms with E-state index in [0.717, 1.165) is 5.92 Å². The van der Waals surface area contributed by atoms with Gasteiger partial charge in [0.2, 0.25) is 0 Å². The van der Waals surface area contributed by atoms with Gasteiger partial charge in [0.25, 0.3) is 0 Å². The fourth-order valence-electron chi connectivity index (χ4n) is 1.99. The number of hydrogen-bond donors (Lipinski definition) is 0. The number of alkyl halides is 1. The lowest BCUT2D eigenvalue weighted by atomic mass is 10.1. The summed E-state index contributed by atoms with van der Waals surface area (Å²) in [6.07, 6.45) is 16.3. The van der Waals surface area contributed by atoms with E-state index in [9.17, 15) is 0 Å². The van der Waals surface area contributed by atoms with Crippen LogP contribution >= 0.6 is 15.9 Å². The molecule has 84 valence electrons. The SMILES string of the molecule is BrCCCCCCCCCCC1CC1. The zero-order valence-corrected chi connectivity index (χ0v) is 11.0.